The van der Waals surface area contributed by atoms with E-state index in [1.165, 1.54) is 11.3 Å². The minimum atomic E-state index is -0.116. The number of rotatable bonds is 6. The van der Waals surface area contributed by atoms with E-state index >= 15 is 0 Å². The van der Waals surface area contributed by atoms with Crippen molar-refractivity contribution in [2.75, 3.05) is 39.4 Å². The Morgan fingerprint density at radius 3 is 2.96 bits per heavy atom. The topological polar surface area (TPSA) is 72.3 Å². The van der Waals surface area contributed by atoms with Gasteiger partial charge in [0, 0.05) is 50.4 Å². The van der Waals surface area contributed by atoms with E-state index in [9.17, 15) is 4.79 Å². The van der Waals surface area contributed by atoms with Crippen molar-refractivity contribution >= 4 is 17.2 Å². The molecule has 1 saturated heterocycles. The number of nitrogens with zero attached hydrogens (tertiary/aromatic N) is 4. The van der Waals surface area contributed by atoms with Crippen LogP contribution in [0.1, 0.15) is 17.4 Å². The maximum Gasteiger partial charge on any atom is 0.270 e. The minimum absolute atomic E-state index is 0.116. The second kappa shape index (κ2) is 7.87. The first-order valence-corrected chi connectivity index (χ1v) is 9.02. The fourth-order valence-electron chi connectivity index (χ4n) is 2.69. The zero-order valence-corrected chi connectivity index (χ0v) is 14.9. The summed E-state index contributed by atoms with van der Waals surface area (Å²) in [4.78, 5) is 19.1. The molecule has 7 nitrogen and oxygen atoms in total. The van der Waals surface area contributed by atoms with Crippen LogP contribution in [0.3, 0.4) is 0 Å². The van der Waals surface area contributed by atoms with Crippen LogP contribution in [0.2, 0.25) is 0 Å². The second-order valence-corrected chi connectivity index (χ2v) is 7.03. The molecule has 24 heavy (non-hydrogen) atoms. The van der Waals surface area contributed by atoms with Crippen LogP contribution in [0, 0.1) is 5.92 Å². The summed E-state index contributed by atoms with van der Waals surface area (Å²) in [5, 5.41) is 9.73. The van der Waals surface area contributed by atoms with Crippen molar-refractivity contribution in [1.29, 1.82) is 0 Å². The molecule has 3 heterocycles. The Balaban J connectivity index is 1.49. The highest BCUT2D eigenvalue weighted by Crippen LogP contribution is 2.22. The van der Waals surface area contributed by atoms with Gasteiger partial charge in [0.25, 0.3) is 5.91 Å². The smallest absolute Gasteiger partial charge is 0.270 e. The first-order chi connectivity index (χ1) is 11.6. The average molecular weight is 349 g/mol. The average Bonchev–Trinajstić information content (AvgIpc) is 3.22. The van der Waals surface area contributed by atoms with Gasteiger partial charge in [0.1, 0.15) is 10.7 Å². The van der Waals surface area contributed by atoms with Gasteiger partial charge in [-0.25, -0.2) is 4.98 Å². The lowest BCUT2D eigenvalue weighted by molar-refractivity contribution is 0.0317. The highest BCUT2D eigenvalue weighted by Gasteiger charge is 2.16. The molecule has 130 valence electrons. The van der Waals surface area contributed by atoms with Crippen LogP contribution in [0.4, 0.5) is 0 Å². The van der Waals surface area contributed by atoms with E-state index in [1.807, 2.05) is 13.2 Å². The number of carbonyl (C=O) groups is 1. The van der Waals surface area contributed by atoms with E-state index in [2.05, 4.69) is 27.2 Å². The molecule has 0 aliphatic carbocycles. The van der Waals surface area contributed by atoms with Crippen LogP contribution in [-0.4, -0.2) is 65.0 Å². The van der Waals surface area contributed by atoms with Crippen LogP contribution >= 0.6 is 11.3 Å². The van der Waals surface area contributed by atoms with Gasteiger partial charge in [0.2, 0.25) is 0 Å². The first kappa shape index (κ1) is 17.1. The normalized spacial score (nSPS) is 16.9. The van der Waals surface area contributed by atoms with E-state index in [4.69, 9.17) is 4.74 Å². The number of hydrogen-bond acceptors (Lipinski definition) is 6. The number of nitrogens with one attached hydrogen (secondary N) is 1. The Bertz CT molecular complexity index is 678. The summed E-state index contributed by atoms with van der Waals surface area (Å²) < 4.78 is 7.08. The number of aromatic nitrogens is 3. The molecule has 0 unspecified atom stereocenters. The minimum Gasteiger partial charge on any atom is -0.379 e. The lowest BCUT2D eigenvalue weighted by atomic mass is 10.1. The molecule has 2 aromatic rings. The van der Waals surface area contributed by atoms with Gasteiger partial charge >= 0.3 is 0 Å². The summed E-state index contributed by atoms with van der Waals surface area (Å²) in [6.07, 6.45) is 3.65. The molecular formula is C16H23N5O2S. The standard InChI is InChI=1S/C16H23N5O2S/c1-12(9-21-3-5-23-6-4-21)7-17-15(22)14-11-24-16(19-14)13-8-18-20(2)10-13/h8,10-12H,3-7,9H2,1-2H3,(H,17,22)/t12-/m1/s1. The van der Waals surface area contributed by atoms with Gasteiger partial charge in [0.05, 0.1) is 19.4 Å². The van der Waals surface area contributed by atoms with Crippen LogP contribution < -0.4 is 5.32 Å². The third-order valence-electron chi connectivity index (χ3n) is 3.97. The molecule has 3 rings (SSSR count). The molecule has 8 heteroatoms. The monoisotopic (exact) mass is 349 g/mol. The molecule has 1 atom stereocenters. The number of hydrogen-bond donors (Lipinski definition) is 1. The van der Waals surface area contributed by atoms with Gasteiger partial charge in [-0.1, -0.05) is 6.92 Å². The molecule has 1 N–H and O–H groups in total. The lowest BCUT2D eigenvalue weighted by Gasteiger charge is -2.29. The molecule has 0 bridgehead atoms. The van der Waals surface area contributed by atoms with Crippen molar-refractivity contribution in [1.82, 2.24) is 25.0 Å². The first-order valence-electron chi connectivity index (χ1n) is 8.14. The van der Waals surface area contributed by atoms with Gasteiger partial charge in [-0.2, -0.15) is 5.10 Å². The van der Waals surface area contributed by atoms with Gasteiger partial charge < -0.3 is 10.1 Å². The Labute approximate surface area is 145 Å². The Morgan fingerprint density at radius 1 is 1.46 bits per heavy atom. The molecule has 1 aliphatic heterocycles. The van der Waals surface area contributed by atoms with Crippen LogP contribution in [0.25, 0.3) is 10.6 Å². The van der Waals surface area contributed by atoms with E-state index < -0.39 is 0 Å². The summed E-state index contributed by atoms with van der Waals surface area (Å²) in [5.41, 5.74) is 1.40. The number of aryl methyl sites for hydroxylation is 1. The largest absolute Gasteiger partial charge is 0.379 e. The summed E-state index contributed by atoms with van der Waals surface area (Å²) in [7, 11) is 1.86. The molecule has 2 aromatic heterocycles. The summed E-state index contributed by atoms with van der Waals surface area (Å²) in [6, 6.07) is 0. The molecule has 0 aromatic carbocycles. The lowest BCUT2D eigenvalue weighted by Crippen LogP contribution is -2.41. The van der Waals surface area contributed by atoms with Gasteiger partial charge in [-0.05, 0) is 5.92 Å². The molecule has 0 saturated carbocycles. The molecule has 1 amide bonds. The van der Waals surface area contributed by atoms with Crippen LogP contribution in [0.15, 0.2) is 17.8 Å². The quantitative estimate of drug-likeness (QED) is 0.850. The molecular weight excluding hydrogens is 326 g/mol. The maximum absolute atomic E-state index is 12.3. The molecule has 1 fully saturated rings. The fraction of sp³-hybridized carbons (Fsp3) is 0.562. The van der Waals surface area contributed by atoms with Crippen molar-refractivity contribution in [3.05, 3.63) is 23.5 Å². The third-order valence-corrected chi connectivity index (χ3v) is 4.86. The Kier molecular flexibility index (Phi) is 5.60. The second-order valence-electron chi connectivity index (χ2n) is 6.17. The van der Waals surface area contributed by atoms with Crippen molar-refractivity contribution in [3.8, 4) is 10.6 Å². The third kappa shape index (κ3) is 4.40. The molecule has 0 radical (unpaired) electrons. The molecule has 0 spiro atoms. The van der Waals surface area contributed by atoms with Crippen LogP contribution in [0.5, 0.6) is 0 Å². The summed E-state index contributed by atoms with van der Waals surface area (Å²) in [6.45, 7) is 7.32. The van der Waals surface area contributed by atoms with Gasteiger partial charge in [0.15, 0.2) is 0 Å². The predicted molar refractivity (Wildman–Crippen MR) is 93.1 cm³/mol. The van der Waals surface area contributed by atoms with Crippen molar-refractivity contribution in [2.24, 2.45) is 13.0 Å². The fourth-order valence-corrected chi connectivity index (χ4v) is 3.46. The number of carbonyl (C=O) groups excluding carboxylic acids is 1. The van der Waals surface area contributed by atoms with Crippen LogP contribution in [-0.2, 0) is 11.8 Å². The number of thiazole rings is 1. The van der Waals surface area contributed by atoms with E-state index in [1.54, 1.807) is 16.3 Å². The van der Waals surface area contributed by atoms with E-state index in [0.717, 1.165) is 43.4 Å². The highest BCUT2D eigenvalue weighted by molar-refractivity contribution is 7.13. The number of morpholine rings is 1. The van der Waals surface area contributed by atoms with E-state index in [-0.39, 0.29) is 5.91 Å². The van der Waals surface area contributed by atoms with Crippen molar-refractivity contribution in [2.45, 2.75) is 6.92 Å². The zero-order chi connectivity index (χ0) is 16.9. The zero-order valence-electron chi connectivity index (χ0n) is 14.1. The maximum atomic E-state index is 12.3. The number of ether oxygens (including phenoxy) is 1. The molecule has 1 aliphatic rings. The Morgan fingerprint density at radius 2 is 2.25 bits per heavy atom. The van der Waals surface area contributed by atoms with Gasteiger partial charge in [-0.3, -0.25) is 14.4 Å². The summed E-state index contributed by atoms with van der Waals surface area (Å²) in [5.74, 6) is 0.277. The number of amides is 1. The predicted octanol–water partition coefficient (Wildman–Crippen LogP) is 1.24. The SMILES string of the molecule is C[C@H](CNC(=O)c1csc(-c2cnn(C)c2)n1)CN1CCOCC1. The van der Waals surface area contributed by atoms with Crippen molar-refractivity contribution in [3.63, 3.8) is 0 Å². The van der Waals surface area contributed by atoms with Crippen molar-refractivity contribution < 1.29 is 9.53 Å². The summed E-state index contributed by atoms with van der Waals surface area (Å²) >= 11 is 1.46. The Hall–Kier alpha value is -1.77. The highest BCUT2D eigenvalue weighted by atomic mass is 32.1. The van der Waals surface area contributed by atoms with Gasteiger partial charge in [-0.15, -0.1) is 11.3 Å². The van der Waals surface area contributed by atoms with E-state index in [0.29, 0.717) is 18.2 Å².